The molecule has 3 saturated carbocycles. The smallest absolute Gasteiger partial charge is 0.155 e. The number of rotatable bonds is 1. The van der Waals surface area contributed by atoms with Gasteiger partial charge in [0.25, 0.3) is 0 Å². The van der Waals surface area contributed by atoms with E-state index in [4.69, 9.17) is 0 Å². The van der Waals surface area contributed by atoms with Gasteiger partial charge in [-0.1, -0.05) is 25.8 Å². The number of ketones is 1. The summed E-state index contributed by atoms with van der Waals surface area (Å²) in [6.45, 7) is 4.60. The van der Waals surface area contributed by atoms with Gasteiger partial charge in [0.05, 0.1) is 6.10 Å². The zero-order chi connectivity index (χ0) is 15.5. The van der Waals surface area contributed by atoms with Crippen LogP contribution in [0.15, 0.2) is 11.6 Å². The van der Waals surface area contributed by atoms with Gasteiger partial charge in [0.15, 0.2) is 5.78 Å². The maximum Gasteiger partial charge on any atom is 0.155 e. The van der Waals surface area contributed by atoms with E-state index in [1.54, 1.807) is 0 Å². The summed E-state index contributed by atoms with van der Waals surface area (Å²) in [6, 6.07) is 0. The quantitative estimate of drug-likeness (QED) is 0.791. The predicted octanol–water partition coefficient (Wildman–Crippen LogP) is 4.13. The first kappa shape index (κ1) is 14.9. The fourth-order valence-corrected chi connectivity index (χ4v) is 6.72. The first-order valence-corrected chi connectivity index (χ1v) is 9.46. The van der Waals surface area contributed by atoms with Crippen molar-refractivity contribution in [2.75, 3.05) is 0 Å². The minimum absolute atomic E-state index is 0.0895. The molecule has 0 radical (unpaired) electrons. The van der Waals surface area contributed by atoms with Gasteiger partial charge in [0.1, 0.15) is 0 Å². The number of hydrogen-bond acceptors (Lipinski definition) is 2. The van der Waals surface area contributed by atoms with Gasteiger partial charge in [-0.25, -0.2) is 0 Å². The summed E-state index contributed by atoms with van der Waals surface area (Å²) in [4.78, 5) is 11.7. The number of carbonyl (C=O) groups is 1. The molecule has 0 aliphatic heterocycles. The second-order valence-corrected chi connectivity index (χ2v) is 8.70. The van der Waals surface area contributed by atoms with Crippen molar-refractivity contribution in [2.24, 2.45) is 35.0 Å². The average Bonchev–Trinajstić information content (AvgIpc) is 2.78. The summed E-state index contributed by atoms with van der Waals surface area (Å²) in [6.07, 6.45) is 10.9. The van der Waals surface area contributed by atoms with E-state index < -0.39 is 0 Å². The van der Waals surface area contributed by atoms with Crippen LogP contribution in [0.4, 0.5) is 0 Å². The fraction of sp³-hybridized carbons (Fsp3) is 0.850. The number of aliphatic hydroxyl groups excluding tert-OH is 1. The normalized spacial score (nSPS) is 50.9. The van der Waals surface area contributed by atoms with Crippen molar-refractivity contribution >= 4 is 5.78 Å². The Balaban J connectivity index is 1.62. The van der Waals surface area contributed by atoms with Crippen LogP contribution in [0.25, 0.3) is 0 Å². The lowest BCUT2D eigenvalue weighted by Crippen LogP contribution is -2.47. The molecule has 0 amide bonds. The van der Waals surface area contributed by atoms with Crippen LogP contribution >= 0.6 is 0 Å². The van der Waals surface area contributed by atoms with Crippen molar-refractivity contribution in [1.82, 2.24) is 0 Å². The van der Waals surface area contributed by atoms with Gasteiger partial charge in [-0.2, -0.15) is 0 Å². The van der Waals surface area contributed by atoms with Crippen molar-refractivity contribution in [1.29, 1.82) is 0 Å². The zero-order valence-electron chi connectivity index (χ0n) is 14.1. The molecule has 4 rings (SSSR count). The van der Waals surface area contributed by atoms with Crippen LogP contribution in [0.5, 0.6) is 0 Å². The first-order valence-electron chi connectivity index (χ1n) is 9.46. The second kappa shape index (κ2) is 5.19. The van der Waals surface area contributed by atoms with Crippen molar-refractivity contribution in [3.63, 3.8) is 0 Å². The standard InChI is InChI=1S/C20H30O2/c1-3-12-11-18-17-6-4-13-10-14(21)5-7-15(13)16(17)8-9-20(18,2)19(12)22/h10,12,15-19,22H,3-9,11H2,1-2H3/t12-,15-,16+,17-,18+,19-,20-/m0/s1. The van der Waals surface area contributed by atoms with E-state index >= 15 is 0 Å². The lowest BCUT2D eigenvalue weighted by molar-refractivity contribution is -0.116. The highest BCUT2D eigenvalue weighted by Crippen LogP contribution is 2.63. The van der Waals surface area contributed by atoms with E-state index in [-0.39, 0.29) is 11.5 Å². The molecule has 4 aliphatic rings. The highest BCUT2D eigenvalue weighted by atomic mass is 16.3. The molecule has 0 aromatic carbocycles. The molecule has 7 atom stereocenters. The van der Waals surface area contributed by atoms with E-state index in [2.05, 4.69) is 13.8 Å². The van der Waals surface area contributed by atoms with Crippen molar-refractivity contribution < 1.29 is 9.90 Å². The molecule has 0 aromatic heterocycles. The number of hydrogen-bond donors (Lipinski definition) is 1. The molecule has 2 nitrogen and oxygen atoms in total. The monoisotopic (exact) mass is 302 g/mol. The molecule has 0 bridgehead atoms. The number of carbonyl (C=O) groups excluding carboxylic acids is 1. The molecule has 22 heavy (non-hydrogen) atoms. The predicted molar refractivity (Wildman–Crippen MR) is 87.3 cm³/mol. The Morgan fingerprint density at radius 3 is 2.82 bits per heavy atom. The van der Waals surface area contributed by atoms with Crippen LogP contribution in [0, 0.1) is 35.0 Å². The molecule has 0 unspecified atom stereocenters. The van der Waals surface area contributed by atoms with Crippen molar-refractivity contribution in [2.45, 2.75) is 71.3 Å². The van der Waals surface area contributed by atoms with Crippen LogP contribution in [0.2, 0.25) is 0 Å². The Morgan fingerprint density at radius 1 is 1.23 bits per heavy atom. The maximum atomic E-state index is 11.7. The van der Waals surface area contributed by atoms with Crippen molar-refractivity contribution in [3.05, 3.63) is 11.6 Å². The molecule has 0 heterocycles. The number of aliphatic hydroxyl groups is 1. The molecule has 2 heteroatoms. The number of allylic oxidation sites excluding steroid dienone is 1. The number of fused-ring (bicyclic) bond motifs is 5. The average molecular weight is 302 g/mol. The van der Waals surface area contributed by atoms with E-state index in [9.17, 15) is 9.90 Å². The molecular formula is C20H30O2. The van der Waals surface area contributed by atoms with E-state index in [1.807, 2.05) is 6.08 Å². The third-order valence-corrected chi connectivity index (χ3v) is 7.94. The highest BCUT2D eigenvalue weighted by molar-refractivity contribution is 5.91. The minimum atomic E-state index is -0.0895. The fourth-order valence-electron chi connectivity index (χ4n) is 6.72. The Bertz CT molecular complexity index is 508. The summed E-state index contributed by atoms with van der Waals surface area (Å²) >= 11 is 0. The molecular weight excluding hydrogens is 272 g/mol. The Morgan fingerprint density at radius 2 is 2.05 bits per heavy atom. The molecule has 0 saturated heterocycles. The SMILES string of the molecule is CC[C@H]1C[C@@H]2[C@H]3CCC4=CC(=O)CC[C@@H]4[C@H]3CC[C@]2(C)[C@H]1O. The third-order valence-electron chi connectivity index (χ3n) is 7.94. The van der Waals surface area contributed by atoms with Crippen LogP contribution in [-0.4, -0.2) is 17.0 Å². The molecule has 3 fully saturated rings. The Labute approximate surface area is 134 Å². The molecule has 4 aliphatic carbocycles. The van der Waals surface area contributed by atoms with Gasteiger partial charge < -0.3 is 5.11 Å². The van der Waals surface area contributed by atoms with Gasteiger partial charge in [0, 0.05) is 6.42 Å². The second-order valence-electron chi connectivity index (χ2n) is 8.70. The maximum absolute atomic E-state index is 11.7. The summed E-state index contributed by atoms with van der Waals surface area (Å²) in [5.41, 5.74) is 1.62. The first-order chi connectivity index (χ1) is 10.5. The van der Waals surface area contributed by atoms with Crippen LogP contribution in [-0.2, 0) is 4.79 Å². The van der Waals surface area contributed by atoms with E-state index in [1.165, 1.54) is 31.3 Å². The molecule has 0 aromatic rings. The largest absolute Gasteiger partial charge is 0.392 e. The van der Waals surface area contributed by atoms with E-state index in [0.717, 1.165) is 37.5 Å². The van der Waals surface area contributed by atoms with Crippen LogP contribution in [0.3, 0.4) is 0 Å². The lowest BCUT2D eigenvalue weighted by atomic mass is 9.52. The Hall–Kier alpha value is -0.630. The summed E-state index contributed by atoms with van der Waals surface area (Å²) < 4.78 is 0. The summed E-state index contributed by atoms with van der Waals surface area (Å²) in [7, 11) is 0. The van der Waals surface area contributed by atoms with Gasteiger partial charge in [-0.05, 0) is 79.6 Å². The van der Waals surface area contributed by atoms with Crippen molar-refractivity contribution in [3.8, 4) is 0 Å². The van der Waals surface area contributed by atoms with Gasteiger partial charge in [0.2, 0.25) is 0 Å². The van der Waals surface area contributed by atoms with Gasteiger partial charge in [-0.15, -0.1) is 0 Å². The summed E-state index contributed by atoms with van der Waals surface area (Å²) in [5.74, 6) is 3.84. The Kier molecular flexibility index (Phi) is 3.52. The van der Waals surface area contributed by atoms with Gasteiger partial charge in [-0.3, -0.25) is 4.79 Å². The highest BCUT2D eigenvalue weighted by Gasteiger charge is 2.58. The third kappa shape index (κ3) is 1.99. The zero-order valence-corrected chi connectivity index (χ0v) is 14.1. The van der Waals surface area contributed by atoms with Gasteiger partial charge >= 0.3 is 0 Å². The molecule has 1 N–H and O–H groups in total. The van der Waals surface area contributed by atoms with Crippen LogP contribution in [0.1, 0.15) is 65.2 Å². The molecule has 122 valence electrons. The minimum Gasteiger partial charge on any atom is -0.392 e. The summed E-state index contributed by atoms with van der Waals surface area (Å²) in [5, 5.41) is 10.8. The van der Waals surface area contributed by atoms with Crippen LogP contribution < -0.4 is 0 Å². The van der Waals surface area contributed by atoms with E-state index in [0.29, 0.717) is 23.5 Å². The lowest BCUT2D eigenvalue weighted by Gasteiger charge is -2.53. The molecule has 0 spiro atoms. The topological polar surface area (TPSA) is 37.3 Å².